The van der Waals surface area contributed by atoms with Crippen molar-refractivity contribution in [2.24, 2.45) is 0 Å². The van der Waals surface area contributed by atoms with Crippen LogP contribution in [-0.2, 0) is 4.74 Å². The Morgan fingerprint density at radius 3 is 2.87 bits per heavy atom. The number of ether oxygens (including phenoxy) is 1. The summed E-state index contributed by atoms with van der Waals surface area (Å²) >= 11 is 0. The molecule has 0 saturated carbocycles. The van der Waals surface area contributed by atoms with Gasteiger partial charge in [0.1, 0.15) is 12.1 Å². The second-order valence-electron chi connectivity index (χ2n) is 5.77. The number of nitrogens with zero attached hydrogens (tertiary/aromatic N) is 5. The largest absolute Gasteiger partial charge is 0.380 e. The van der Waals surface area contributed by atoms with Crippen LogP contribution in [0.4, 0.5) is 5.82 Å². The molecule has 6 heteroatoms. The van der Waals surface area contributed by atoms with Gasteiger partial charge in [-0.2, -0.15) is 5.10 Å². The smallest absolute Gasteiger partial charge is 0.168 e. The average molecular weight is 309 g/mol. The van der Waals surface area contributed by atoms with Gasteiger partial charge in [0.2, 0.25) is 0 Å². The lowest BCUT2D eigenvalue weighted by Crippen LogP contribution is -2.34. The van der Waals surface area contributed by atoms with Crippen LogP contribution in [0.5, 0.6) is 0 Å². The van der Waals surface area contributed by atoms with Gasteiger partial charge in [0.05, 0.1) is 23.9 Å². The average Bonchev–Trinajstić information content (AvgIpc) is 2.92. The topological polar surface area (TPSA) is 56.1 Å². The SMILES string of the molecule is CC1CCOCCN1c1ncnc2c1cnn2-c1ccccc1. The van der Waals surface area contributed by atoms with Crippen molar-refractivity contribution in [1.82, 2.24) is 19.7 Å². The lowest BCUT2D eigenvalue weighted by atomic mass is 10.2. The van der Waals surface area contributed by atoms with Crippen LogP contribution in [0, 0.1) is 0 Å². The van der Waals surface area contributed by atoms with Crippen molar-refractivity contribution in [3.63, 3.8) is 0 Å². The number of rotatable bonds is 2. The van der Waals surface area contributed by atoms with Gasteiger partial charge in [0.15, 0.2) is 5.65 Å². The lowest BCUT2D eigenvalue weighted by molar-refractivity contribution is 0.150. The van der Waals surface area contributed by atoms with Crippen molar-refractivity contribution >= 4 is 16.9 Å². The Balaban J connectivity index is 1.81. The molecule has 23 heavy (non-hydrogen) atoms. The molecular formula is C17H19N5O. The summed E-state index contributed by atoms with van der Waals surface area (Å²) in [5.74, 6) is 0.940. The van der Waals surface area contributed by atoms with Gasteiger partial charge < -0.3 is 9.64 Å². The number of benzene rings is 1. The van der Waals surface area contributed by atoms with Crippen molar-refractivity contribution in [1.29, 1.82) is 0 Å². The molecule has 118 valence electrons. The van der Waals surface area contributed by atoms with Gasteiger partial charge in [-0.3, -0.25) is 0 Å². The van der Waals surface area contributed by atoms with Crippen molar-refractivity contribution in [3.05, 3.63) is 42.9 Å². The van der Waals surface area contributed by atoms with E-state index in [9.17, 15) is 0 Å². The fourth-order valence-corrected chi connectivity index (χ4v) is 3.03. The Hall–Kier alpha value is -2.47. The molecule has 4 rings (SSSR count). The highest BCUT2D eigenvalue weighted by Crippen LogP contribution is 2.27. The Morgan fingerprint density at radius 2 is 2.00 bits per heavy atom. The number of fused-ring (bicyclic) bond motifs is 1. The van der Waals surface area contributed by atoms with Gasteiger partial charge in [-0.1, -0.05) is 18.2 Å². The Kier molecular flexibility index (Phi) is 3.67. The van der Waals surface area contributed by atoms with Crippen LogP contribution in [0.15, 0.2) is 42.9 Å². The van der Waals surface area contributed by atoms with E-state index in [-0.39, 0.29) is 0 Å². The van der Waals surface area contributed by atoms with Crippen molar-refractivity contribution in [2.45, 2.75) is 19.4 Å². The molecule has 1 aliphatic heterocycles. The molecule has 0 aliphatic carbocycles. The summed E-state index contributed by atoms with van der Waals surface area (Å²) in [5, 5.41) is 5.50. The molecule has 0 bridgehead atoms. The first kappa shape index (κ1) is 14.1. The Morgan fingerprint density at radius 1 is 1.13 bits per heavy atom. The van der Waals surface area contributed by atoms with Gasteiger partial charge >= 0.3 is 0 Å². The molecule has 3 heterocycles. The van der Waals surface area contributed by atoms with Gasteiger partial charge in [-0.25, -0.2) is 14.6 Å². The number of hydrogen-bond donors (Lipinski definition) is 0. The minimum Gasteiger partial charge on any atom is -0.380 e. The maximum absolute atomic E-state index is 5.60. The second-order valence-corrected chi connectivity index (χ2v) is 5.77. The zero-order valence-electron chi connectivity index (χ0n) is 13.1. The Bertz CT molecular complexity index is 801. The summed E-state index contributed by atoms with van der Waals surface area (Å²) in [6.07, 6.45) is 4.48. The molecule has 2 aromatic heterocycles. The van der Waals surface area contributed by atoms with Crippen LogP contribution in [0.25, 0.3) is 16.7 Å². The summed E-state index contributed by atoms with van der Waals surface area (Å²) in [7, 11) is 0. The first-order valence-electron chi connectivity index (χ1n) is 7.93. The monoisotopic (exact) mass is 309 g/mol. The molecular weight excluding hydrogens is 290 g/mol. The van der Waals surface area contributed by atoms with Gasteiger partial charge in [-0.05, 0) is 25.5 Å². The number of hydrogen-bond acceptors (Lipinski definition) is 5. The standard InChI is InChI=1S/C17H19N5O/c1-13-7-9-23-10-8-21(13)16-15-11-20-22(17(15)19-12-18-16)14-5-3-2-4-6-14/h2-6,11-13H,7-10H2,1H3. The first-order valence-corrected chi connectivity index (χ1v) is 7.93. The molecule has 0 radical (unpaired) electrons. The van der Waals surface area contributed by atoms with Gasteiger partial charge in [-0.15, -0.1) is 0 Å². The van der Waals surface area contributed by atoms with E-state index in [0.29, 0.717) is 6.04 Å². The summed E-state index contributed by atoms with van der Waals surface area (Å²) in [6.45, 7) is 4.58. The predicted molar refractivity (Wildman–Crippen MR) is 88.9 cm³/mol. The van der Waals surface area contributed by atoms with E-state index in [1.54, 1.807) is 6.33 Å². The number of para-hydroxylation sites is 1. The van der Waals surface area contributed by atoms with Crippen LogP contribution >= 0.6 is 0 Å². The van der Waals surface area contributed by atoms with E-state index in [1.165, 1.54) is 0 Å². The lowest BCUT2D eigenvalue weighted by Gasteiger charge is -2.27. The molecule has 1 atom stereocenters. The molecule has 0 N–H and O–H groups in total. The van der Waals surface area contributed by atoms with Crippen molar-refractivity contribution in [2.75, 3.05) is 24.7 Å². The molecule has 1 fully saturated rings. The van der Waals surface area contributed by atoms with E-state index in [1.807, 2.05) is 41.2 Å². The van der Waals surface area contributed by atoms with E-state index in [2.05, 4.69) is 26.9 Å². The van der Waals surface area contributed by atoms with Crippen molar-refractivity contribution < 1.29 is 4.74 Å². The molecule has 0 spiro atoms. The third-order valence-corrected chi connectivity index (χ3v) is 4.31. The molecule has 0 amide bonds. The minimum atomic E-state index is 0.385. The third kappa shape index (κ3) is 2.55. The zero-order valence-corrected chi connectivity index (χ0v) is 13.1. The predicted octanol–water partition coefficient (Wildman–Crippen LogP) is 2.43. The van der Waals surface area contributed by atoms with Crippen molar-refractivity contribution in [3.8, 4) is 5.69 Å². The fraction of sp³-hybridized carbons (Fsp3) is 0.353. The van der Waals surface area contributed by atoms with Crippen LogP contribution in [0.2, 0.25) is 0 Å². The molecule has 3 aromatic rings. The first-order chi connectivity index (χ1) is 11.3. The zero-order chi connectivity index (χ0) is 15.6. The molecule has 6 nitrogen and oxygen atoms in total. The van der Waals surface area contributed by atoms with Crippen LogP contribution in [0.1, 0.15) is 13.3 Å². The fourth-order valence-electron chi connectivity index (χ4n) is 3.03. The highest BCUT2D eigenvalue weighted by atomic mass is 16.5. The summed E-state index contributed by atoms with van der Waals surface area (Å²) in [5.41, 5.74) is 1.83. The van der Waals surface area contributed by atoms with E-state index >= 15 is 0 Å². The molecule has 1 saturated heterocycles. The van der Waals surface area contributed by atoms with Crippen LogP contribution in [-0.4, -0.2) is 45.5 Å². The number of anilines is 1. The molecule has 1 unspecified atom stereocenters. The summed E-state index contributed by atoms with van der Waals surface area (Å²) in [6, 6.07) is 10.4. The maximum Gasteiger partial charge on any atom is 0.168 e. The summed E-state index contributed by atoms with van der Waals surface area (Å²) in [4.78, 5) is 11.3. The van der Waals surface area contributed by atoms with E-state index in [4.69, 9.17) is 4.74 Å². The van der Waals surface area contributed by atoms with Gasteiger partial charge in [0.25, 0.3) is 0 Å². The molecule has 1 aromatic carbocycles. The van der Waals surface area contributed by atoms with E-state index in [0.717, 1.165) is 48.7 Å². The quantitative estimate of drug-likeness (QED) is 0.728. The van der Waals surface area contributed by atoms with Gasteiger partial charge in [0, 0.05) is 19.2 Å². The Labute approximate surface area is 134 Å². The summed E-state index contributed by atoms with van der Waals surface area (Å²) < 4.78 is 7.46. The van der Waals surface area contributed by atoms with Crippen LogP contribution < -0.4 is 4.90 Å². The molecule has 1 aliphatic rings. The minimum absolute atomic E-state index is 0.385. The van der Waals surface area contributed by atoms with Crippen LogP contribution in [0.3, 0.4) is 0 Å². The normalized spacial score (nSPS) is 19.0. The second kappa shape index (κ2) is 5.96. The highest BCUT2D eigenvalue weighted by Gasteiger charge is 2.22. The highest BCUT2D eigenvalue weighted by molar-refractivity contribution is 5.87. The third-order valence-electron chi connectivity index (χ3n) is 4.31. The van der Waals surface area contributed by atoms with E-state index < -0.39 is 0 Å². The number of aromatic nitrogens is 4. The maximum atomic E-state index is 5.60.